The molecule has 1 fully saturated rings. The van der Waals surface area contributed by atoms with Gasteiger partial charge in [0.15, 0.2) is 5.65 Å². The molecule has 1 aliphatic rings. The van der Waals surface area contributed by atoms with Crippen LogP contribution in [0.5, 0.6) is 5.88 Å². The zero-order valence-electron chi connectivity index (χ0n) is 16.4. The Balaban J connectivity index is 1.34. The van der Waals surface area contributed by atoms with Gasteiger partial charge in [-0.3, -0.25) is 4.79 Å². The first-order chi connectivity index (χ1) is 13.9. The third-order valence-corrected chi connectivity index (χ3v) is 5.46. The second-order valence-corrected chi connectivity index (χ2v) is 7.37. The van der Waals surface area contributed by atoms with Crippen molar-refractivity contribution in [2.45, 2.75) is 26.7 Å². The smallest absolute Gasteiger partial charge is 0.259 e. The fraction of sp³-hybridized carbons (Fsp3) is 0.381. The summed E-state index contributed by atoms with van der Waals surface area (Å²) in [7, 11) is 0. The molecule has 8 heteroatoms. The monoisotopic (exact) mass is 400 g/mol. The van der Waals surface area contributed by atoms with E-state index in [2.05, 4.69) is 10.1 Å². The van der Waals surface area contributed by atoms with E-state index < -0.39 is 23.1 Å². The summed E-state index contributed by atoms with van der Waals surface area (Å²) in [5, 5.41) is 4.47. The molecule has 0 atom stereocenters. The normalized spacial score (nSPS) is 15.1. The lowest BCUT2D eigenvalue weighted by atomic mass is 9.97. The number of amides is 1. The highest BCUT2D eigenvalue weighted by molar-refractivity contribution is 5.94. The van der Waals surface area contributed by atoms with Gasteiger partial charge in [0.2, 0.25) is 5.88 Å². The molecule has 1 aromatic carbocycles. The van der Waals surface area contributed by atoms with Crippen LogP contribution in [0.15, 0.2) is 30.3 Å². The molecule has 0 radical (unpaired) electrons. The Morgan fingerprint density at radius 3 is 2.52 bits per heavy atom. The number of aryl methyl sites for hydroxylation is 2. The number of piperidine rings is 1. The van der Waals surface area contributed by atoms with Crippen molar-refractivity contribution < 1.29 is 18.3 Å². The molecule has 3 aromatic rings. The van der Waals surface area contributed by atoms with E-state index in [0.29, 0.717) is 38.4 Å². The number of rotatable bonds is 4. The highest BCUT2D eigenvalue weighted by atomic mass is 19.1. The van der Waals surface area contributed by atoms with Crippen molar-refractivity contribution in [3.05, 3.63) is 58.9 Å². The highest BCUT2D eigenvalue weighted by Gasteiger charge is 2.27. The van der Waals surface area contributed by atoms with Crippen LogP contribution in [-0.4, -0.2) is 45.1 Å². The van der Waals surface area contributed by atoms with Crippen LogP contribution in [0.4, 0.5) is 8.78 Å². The second kappa shape index (κ2) is 7.77. The molecule has 1 amide bonds. The van der Waals surface area contributed by atoms with Crippen LogP contribution < -0.4 is 4.74 Å². The maximum atomic E-state index is 13.9. The Hall–Kier alpha value is -3.03. The average Bonchev–Trinajstić information content (AvgIpc) is 3.00. The minimum atomic E-state index is -0.827. The lowest BCUT2D eigenvalue weighted by Crippen LogP contribution is -2.40. The average molecular weight is 400 g/mol. The van der Waals surface area contributed by atoms with Crippen molar-refractivity contribution in [1.82, 2.24) is 19.5 Å². The van der Waals surface area contributed by atoms with E-state index in [1.807, 2.05) is 19.9 Å². The Morgan fingerprint density at radius 1 is 1.14 bits per heavy atom. The van der Waals surface area contributed by atoms with Gasteiger partial charge < -0.3 is 9.64 Å². The zero-order valence-corrected chi connectivity index (χ0v) is 16.4. The number of hydrogen-bond acceptors (Lipinski definition) is 4. The molecule has 0 saturated carbocycles. The minimum Gasteiger partial charge on any atom is -0.476 e. The van der Waals surface area contributed by atoms with Gasteiger partial charge in [0, 0.05) is 19.2 Å². The van der Waals surface area contributed by atoms with Gasteiger partial charge in [-0.1, -0.05) is 6.07 Å². The summed E-state index contributed by atoms with van der Waals surface area (Å²) in [5.41, 5.74) is 2.20. The molecule has 6 nitrogen and oxygen atoms in total. The number of ether oxygens (including phenoxy) is 1. The lowest BCUT2D eigenvalue weighted by Gasteiger charge is -2.32. The summed E-state index contributed by atoms with van der Waals surface area (Å²) in [6.45, 7) is 5.24. The molecule has 3 heterocycles. The van der Waals surface area contributed by atoms with Crippen molar-refractivity contribution in [2.75, 3.05) is 19.7 Å². The molecule has 4 rings (SSSR count). The Morgan fingerprint density at radius 2 is 1.83 bits per heavy atom. The van der Waals surface area contributed by atoms with Gasteiger partial charge >= 0.3 is 0 Å². The first kappa shape index (κ1) is 19.3. The molecule has 0 aliphatic carbocycles. The summed E-state index contributed by atoms with van der Waals surface area (Å²) in [6, 6.07) is 7.12. The van der Waals surface area contributed by atoms with Crippen LogP contribution in [0.2, 0.25) is 0 Å². The first-order valence-corrected chi connectivity index (χ1v) is 9.63. The minimum absolute atomic E-state index is 0.243. The number of benzene rings is 1. The number of halogens is 2. The molecule has 0 spiro atoms. The summed E-state index contributed by atoms with van der Waals surface area (Å²) in [4.78, 5) is 18.4. The third-order valence-electron chi connectivity index (χ3n) is 5.46. The standard InChI is InChI=1S/C21H22F2N4O2/c1-13-14(2)27-18(24-13)6-7-19(25-27)29-12-15-8-10-26(11-9-15)21(28)20-16(22)4-3-5-17(20)23/h3-7,15H,8-12H2,1-2H3. The zero-order chi connectivity index (χ0) is 20.5. The molecule has 2 aromatic heterocycles. The summed E-state index contributed by atoms with van der Waals surface area (Å²) in [6.07, 6.45) is 1.40. The predicted octanol–water partition coefficient (Wildman–Crippen LogP) is 3.56. The van der Waals surface area contributed by atoms with Crippen molar-refractivity contribution in [1.29, 1.82) is 0 Å². The second-order valence-electron chi connectivity index (χ2n) is 7.37. The molecule has 0 bridgehead atoms. The van der Waals surface area contributed by atoms with E-state index in [1.165, 1.54) is 11.0 Å². The topological polar surface area (TPSA) is 59.7 Å². The van der Waals surface area contributed by atoms with E-state index in [0.717, 1.165) is 29.2 Å². The molecule has 1 aliphatic heterocycles. The number of aromatic nitrogens is 3. The van der Waals surface area contributed by atoms with Gasteiger partial charge in [-0.25, -0.2) is 18.3 Å². The molecule has 0 N–H and O–H groups in total. The summed E-state index contributed by atoms with van der Waals surface area (Å²) < 4.78 is 35.3. The van der Waals surface area contributed by atoms with E-state index >= 15 is 0 Å². The third kappa shape index (κ3) is 3.79. The van der Waals surface area contributed by atoms with Crippen molar-refractivity contribution in [3.8, 4) is 5.88 Å². The van der Waals surface area contributed by atoms with Crippen LogP contribution in [-0.2, 0) is 0 Å². The fourth-order valence-corrected chi connectivity index (χ4v) is 3.58. The highest BCUT2D eigenvalue weighted by Crippen LogP contribution is 2.22. The van der Waals surface area contributed by atoms with Crippen LogP contribution in [0.1, 0.15) is 34.6 Å². The van der Waals surface area contributed by atoms with Gasteiger partial charge in [0.05, 0.1) is 18.0 Å². The Bertz CT molecular complexity index is 1040. The van der Waals surface area contributed by atoms with Gasteiger partial charge in [-0.15, -0.1) is 5.10 Å². The lowest BCUT2D eigenvalue weighted by molar-refractivity contribution is 0.0649. The maximum Gasteiger partial charge on any atom is 0.259 e. The van der Waals surface area contributed by atoms with Crippen LogP contribution in [0.3, 0.4) is 0 Å². The largest absolute Gasteiger partial charge is 0.476 e. The number of likely N-dealkylation sites (tertiary alicyclic amines) is 1. The number of carbonyl (C=O) groups excluding carboxylic acids is 1. The van der Waals surface area contributed by atoms with Crippen LogP contribution in [0.25, 0.3) is 5.65 Å². The summed E-state index contributed by atoms with van der Waals surface area (Å²) in [5.74, 6) is -1.49. The Kier molecular flexibility index (Phi) is 5.17. The van der Waals surface area contributed by atoms with E-state index in [1.54, 1.807) is 10.6 Å². The van der Waals surface area contributed by atoms with Crippen LogP contribution >= 0.6 is 0 Å². The molecular weight excluding hydrogens is 378 g/mol. The SMILES string of the molecule is Cc1nc2ccc(OCC3CCN(C(=O)c4c(F)cccc4F)CC3)nn2c1C. The van der Waals surface area contributed by atoms with Crippen molar-refractivity contribution in [3.63, 3.8) is 0 Å². The van der Waals surface area contributed by atoms with Gasteiger partial charge in [-0.2, -0.15) is 0 Å². The molecule has 1 saturated heterocycles. The number of hydrogen-bond donors (Lipinski definition) is 0. The fourth-order valence-electron chi connectivity index (χ4n) is 3.58. The van der Waals surface area contributed by atoms with Gasteiger partial charge in [0.25, 0.3) is 5.91 Å². The maximum absolute atomic E-state index is 13.9. The van der Waals surface area contributed by atoms with E-state index in [-0.39, 0.29) is 5.92 Å². The van der Waals surface area contributed by atoms with E-state index in [9.17, 15) is 13.6 Å². The van der Waals surface area contributed by atoms with Gasteiger partial charge in [-0.05, 0) is 50.8 Å². The predicted molar refractivity (Wildman–Crippen MR) is 103 cm³/mol. The van der Waals surface area contributed by atoms with Crippen LogP contribution in [0, 0.1) is 31.4 Å². The van der Waals surface area contributed by atoms with Crippen molar-refractivity contribution in [2.24, 2.45) is 5.92 Å². The van der Waals surface area contributed by atoms with Gasteiger partial charge in [0.1, 0.15) is 17.2 Å². The number of carbonyl (C=O) groups is 1. The van der Waals surface area contributed by atoms with E-state index in [4.69, 9.17) is 4.74 Å². The molecule has 29 heavy (non-hydrogen) atoms. The first-order valence-electron chi connectivity index (χ1n) is 9.63. The molecular formula is C21H22F2N4O2. The number of fused-ring (bicyclic) bond motifs is 1. The molecule has 152 valence electrons. The quantitative estimate of drug-likeness (QED) is 0.672. The van der Waals surface area contributed by atoms with Crippen molar-refractivity contribution >= 4 is 11.6 Å². The molecule has 0 unspecified atom stereocenters. The Labute approximate surface area is 167 Å². The number of nitrogens with zero attached hydrogens (tertiary/aromatic N) is 4. The number of imidazole rings is 1. The summed E-state index contributed by atoms with van der Waals surface area (Å²) >= 11 is 0.